The van der Waals surface area contributed by atoms with Crippen molar-refractivity contribution >= 4 is 16.9 Å². The van der Waals surface area contributed by atoms with Crippen LogP contribution in [0.5, 0.6) is 0 Å². The van der Waals surface area contributed by atoms with Gasteiger partial charge in [-0.05, 0) is 106 Å². The minimum absolute atomic E-state index is 0.316. The highest BCUT2D eigenvalue weighted by Gasteiger charge is 2.16. The molecule has 3 N–H and O–H groups in total. The monoisotopic (exact) mass is 455 g/mol. The van der Waals surface area contributed by atoms with Gasteiger partial charge in [-0.1, -0.05) is 23.3 Å². The zero-order valence-corrected chi connectivity index (χ0v) is 20.2. The number of benzene rings is 2. The van der Waals surface area contributed by atoms with E-state index < -0.39 is 5.97 Å². The Balaban J connectivity index is 1.50. The van der Waals surface area contributed by atoms with Crippen molar-refractivity contribution in [2.45, 2.75) is 52.5 Å². The Kier molecular flexibility index (Phi) is 7.43. The molecule has 0 fully saturated rings. The summed E-state index contributed by atoms with van der Waals surface area (Å²) in [6.07, 6.45) is 7.81. The van der Waals surface area contributed by atoms with E-state index in [0.29, 0.717) is 11.6 Å². The number of aromatic carboxylic acids is 1. The minimum atomic E-state index is -0.901. The third-order valence-electron chi connectivity index (χ3n) is 6.36. The summed E-state index contributed by atoms with van der Waals surface area (Å²) in [5.74, 6) is -0.901. The maximum Gasteiger partial charge on any atom is 0.335 e. The van der Waals surface area contributed by atoms with Crippen molar-refractivity contribution in [2.24, 2.45) is 0 Å². The first kappa shape index (κ1) is 23.7. The average Bonchev–Trinajstić information content (AvgIpc) is 3.17. The molecule has 0 aliphatic rings. The zero-order chi connectivity index (χ0) is 24.1. The summed E-state index contributed by atoms with van der Waals surface area (Å²) in [6.45, 7) is 7.27. The van der Waals surface area contributed by atoms with Crippen molar-refractivity contribution in [3.05, 3.63) is 88.7 Å². The van der Waals surface area contributed by atoms with Gasteiger partial charge >= 0.3 is 5.97 Å². The predicted octanol–water partition coefficient (Wildman–Crippen LogP) is 6.09. The molecule has 34 heavy (non-hydrogen) atoms. The standard InChI is InChI=1S/C29H33N3O2/c1-19-14-20(2)16-24(15-19)28-25(26-17-23(29(33)34)9-10-27(26)32-28)11-13-31-21(3)6-4-7-22-8-5-12-30-18-22/h5,8-10,12,14-18,21,31-32H,4,6-7,11,13H2,1-3H3,(H,33,34). The Hall–Kier alpha value is -3.44. The molecule has 1 unspecified atom stereocenters. The van der Waals surface area contributed by atoms with E-state index in [9.17, 15) is 9.90 Å². The van der Waals surface area contributed by atoms with E-state index >= 15 is 0 Å². The van der Waals surface area contributed by atoms with E-state index in [1.165, 1.54) is 16.7 Å². The first-order valence-electron chi connectivity index (χ1n) is 12.0. The van der Waals surface area contributed by atoms with Crippen molar-refractivity contribution in [2.75, 3.05) is 6.54 Å². The molecule has 0 aliphatic carbocycles. The van der Waals surface area contributed by atoms with Gasteiger partial charge in [0.2, 0.25) is 0 Å². The maximum atomic E-state index is 11.6. The van der Waals surface area contributed by atoms with E-state index in [4.69, 9.17) is 0 Å². The van der Waals surface area contributed by atoms with Gasteiger partial charge in [0.1, 0.15) is 0 Å². The van der Waals surface area contributed by atoms with E-state index in [-0.39, 0.29) is 0 Å². The van der Waals surface area contributed by atoms with Crippen LogP contribution in [0.2, 0.25) is 0 Å². The molecule has 5 heteroatoms. The fourth-order valence-electron chi connectivity index (χ4n) is 4.71. The Morgan fingerprint density at radius 2 is 1.88 bits per heavy atom. The normalized spacial score (nSPS) is 12.2. The number of aromatic amines is 1. The lowest BCUT2D eigenvalue weighted by Crippen LogP contribution is -2.28. The molecule has 2 aromatic carbocycles. The van der Waals surface area contributed by atoms with Crippen molar-refractivity contribution < 1.29 is 9.90 Å². The fourth-order valence-corrected chi connectivity index (χ4v) is 4.71. The Labute approximate surface area is 201 Å². The number of aromatic nitrogens is 2. The van der Waals surface area contributed by atoms with Crippen molar-refractivity contribution in [3.63, 3.8) is 0 Å². The van der Waals surface area contributed by atoms with Crippen LogP contribution >= 0.6 is 0 Å². The average molecular weight is 456 g/mol. The molecule has 4 aromatic rings. The van der Waals surface area contributed by atoms with Gasteiger partial charge in [0.25, 0.3) is 0 Å². The molecule has 176 valence electrons. The lowest BCUT2D eigenvalue weighted by atomic mass is 9.98. The zero-order valence-electron chi connectivity index (χ0n) is 20.2. The van der Waals surface area contributed by atoms with Crippen molar-refractivity contribution in [3.8, 4) is 11.3 Å². The van der Waals surface area contributed by atoms with E-state index in [1.807, 2.05) is 24.5 Å². The van der Waals surface area contributed by atoms with Crippen LogP contribution in [0.25, 0.3) is 22.2 Å². The van der Waals surface area contributed by atoms with Gasteiger partial charge in [-0.25, -0.2) is 4.79 Å². The highest BCUT2D eigenvalue weighted by molar-refractivity contribution is 5.97. The van der Waals surface area contributed by atoms with Crippen LogP contribution in [0.4, 0.5) is 0 Å². The fraction of sp³-hybridized carbons (Fsp3) is 0.310. The van der Waals surface area contributed by atoms with E-state index in [2.05, 4.69) is 60.3 Å². The lowest BCUT2D eigenvalue weighted by molar-refractivity contribution is 0.0697. The lowest BCUT2D eigenvalue weighted by Gasteiger charge is -2.14. The number of rotatable bonds is 10. The largest absolute Gasteiger partial charge is 0.478 e. The minimum Gasteiger partial charge on any atom is -0.478 e. The van der Waals surface area contributed by atoms with Crippen LogP contribution < -0.4 is 5.32 Å². The number of pyridine rings is 1. The molecule has 0 amide bonds. The second kappa shape index (κ2) is 10.7. The number of hydrogen-bond acceptors (Lipinski definition) is 3. The number of nitrogens with zero attached hydrogens (tertiary/aromatic N) is 1. The molecule has 0 aliphatic heterocycles. The van der Waals surface area contributed by atoms with Crippen molar-refractivity contribution in [1.29, 1.82) is 0 Å². The van der Waals surface area contributed by atoms with Gasteiger partial charge in [-0.15, -0.1) is 0 Å². The molecule has 2 aromatic heterocycles. The number of H-pyrrole nitrogens is 1. The molecule has 0 saturated carbocycles. The quantitative estimate of drug-likeness (QED) is 0.270. The second-order valence-electron chi connectivity index (χ2n) is 9.28. The summed E-state index contributed by atoms with van der Waals surface area (Å²) < 4.78 is 0. The number of hydrogen-bond donors (Lipinski definition) is 3. The van der Waals surface area contributed by atoms with Crippen LogP contribution in [0.1, 0.15) is 52.4 Å². The number of carboxylic acids is 1. The molecule has 2 heterocycles. The highest BCUT2D eigenvalue weighted by Crippen LogP contribution is 2.32. The Morgan fingerprint density at radius 1 is 1.09 bits per heavy atom. The summed E-state index contributed by atoms with van der Waals surface area (Å²) in [5, 5.41) is 14.2. The second-order valence-corrected chi connectivity index (χ2v) is 9.28. The topological polar surface area (TPSA) is 78.0 Å². The summed E-state index contributed by atoms with van der Waals surface area (Å²) in [4.78, 5) is 19.4. The predicted molar refractivity (Wildman–Crippen MR) is 139 cm³/mol. The molecule has 1 atom stereocenters. The van der Waals surface area contributed by atoms with Crippen LogP contribution in [0.3, 0.4) is 0 Å². The summed E-state index contributed by atoms with van der Waals surface area (Å²) in [7, 11) is 0. The Morgan fingerprint density at radius 3 is 2.59 bits per heavy atom. The van der Waals surface area contributed by atoms with Crippen LogP contribution in [-0.2, 0) is 12.8 Å². The summed E-state index contributed by atoms with van der Waals surface area (Å²) in [5.41, 5.74) is 8.38. The van der Waals surface area contributed by atoms with Gasteiger partial charge in [-0.3, -0.25) is 4.98 Å². The maximum absolute atomic E-state index is 11.6. The first-order chi connectivity index (χ1) is 16.4. The highest BCUT2D eigenvalue weighted by atomic mass is 16.4. The molecular formula is C29H33N3O2. The smallest absolute Gasteiger partial charge is 0.335 e. The molecule has 0 spiro atoms. The van der Waals surface area contributed by atoms with Crippen molar-refractivity contribution in [1.82, 2.24) is 15.3 Å². The van der Waals surface area contributed by atoms with Crippen LogP contribution in [0.15, 0.2) is 60.9 Å². The molecular weight excluding hydrogens is 422 g/mol. The van der Waals surface area contributed by atoms with Gasteiger partial charge in [0, 0.05) is 35.0 Å². The van der Waals surface area contributed by atoms with Gasteiger partial charge in [0.05, 0.1) is 5.56 Å². The number of carboxylic acid groups (broad SMARTS) is 1. The summed E-state index contributed by atoms with van der Waals surface area (Å²) in [6, 6.07) is 16.4. The molecule has 0 saturated heterocycles. The number of aryl methyl sites for hydroxylation is 3. The van der Waals surface area contributed by atoms with Crippen LogP contribution in [0, 0.1) is 13.8 Å². The molecule has 0 bridgehead atoms. The van der Waals surface area contributed by atoms with Gasteiger partial charge in [0.15, 0.2) is 0 Å². The third-order valence-corrected chi connectivity index (χ3v) is 6.36. The molecule has 4 rings (SSSR count). The first-order valence-corrected chi connectivity index (χ1v) is 12.0. The van der Waals surface area contributed by atoms with Crippen LogP contribution in [-0.4, -0.2) is 33.6 Å². The third kappa shape index (κ3) is 5.72. The van der Waals surface area contributed by atoms with Gasteiger partial charge < -0.3 is 15.4 Å². The number of carbonyl (C=O) groups is 1. The molecule has 5 nitrogen and oxygen atoms in total. The number of nitrogens with one attached hydrogen (secondary N) is 2. The number of fused-ring (bicyclic) bond motifs is 1. The van der Waals surface area contributed by atoms with E-state index in [0.717, 1.165) is 60.0 Å². The van der Waals surface area contributed by atoms with Gasteiger partial charge in [-0.2, -0.15) is 0 Å². The SMILES string of the molecule is Cc1cc(C)cc(-c2[nH]c3ccc(C(=O)O)cc3c2CCNC(C)CCCc2cccnc2)c1. The summed E-state index contributed by atoms with van der Waals surface area (Å²) >= 11 is 0. The van der Waals surface area contributed by atoms with E-state index in [1.54, 1.807) is 12.1 Å². The molecule has 0 radical (unpaired) electrons. The Bertz CT molecular complexity index is 1260.